The average molecular weight is 633 g/mol. The number of carboxylic acids is 1. The van der Waals surface area contributed by atoms with Crippen LogP contribution >= 0.6 is 11.8 Å². The van der Waals surface area contributed by atoms with Gasteiger partial charge in [-0.15, -0.1) is 0 Å². The third kappa shape index (κ3) is 8.52. The standard InChI is InChI=1S/C33H36N4O5S2/c1-4-23(5-2)19-26(35)22-37(44(41,42)28-14-11-24(21-34)12-15-28)27-13-16-29(30(20-27)25-9-7-6-8-10-25)32(38)36-31(33(39)40)17-18-43-3/h4,6-16,19-20,31H,5,17-18,22,35H2,1-3H3,(H,36,38)(H,39,40)/b23-4-,26-19-/t31-/m0/s1. The summed E-state index contributed by atoms with van der Waals surface area (Å²) >= 11 is 1.48. The van der Waals surface area contributed by atoms with E-state index in [0.29, 0.717) is 34.6 Å². The number of nitrogens with zero attached hydrogens (tertiary/aromatic N) is 2. The Morgan fingerprint density at radius 1 is 1.11 bits per heavy atom. The fourth-order valence-electron chi connectivity index (χ4n) is 4.45. The van der Waals surface area contributed by atoms with Crippen LogP contribution in [-0.4, -0.2) is 50.0 Å². The Labute approximate surface area is 263 Å². The molecule has 0 aliphatic rings. The molecule has 11 heteroatoms. The van der Waals surface area contributed by atoms with E-state index < -0.39 is 27.9 Å². The fourth-order valence-corrected chi connectivity index (χ4v) is 6.37. The molecule has 1 atom stereocenters. The van der Waals surface area contributed by atoms with Crippen molar-refractivity contribution >= 4 is 39.3 Å². The number of benzene rings is 3. The van der Waals surface area contributed by atoms with E-state index in [-0.39, 0.29) is 29.1 Å². The number of nitrogens with one attached hydrogen (secondary N) is 1. The molecule has 9 nitrogen and oxygen atoms in total. The summed E-state index contributed by atoms with van der Waals surface area (Å²) in [6, 6.07) is 20.0. The lowest BCUT2D eigenvalue weighted by molar-refractivity contribution is -0.139. The Morgan fingerprint density at radius 3 is 2.36 bits per heavy atom. The van der Waals surface area contributed by atoms with Gasteiger partial charge in [0.1, 0.15) is 6.04 Å². The van der Waals surface area contributed by atoms with Gasteiger partial charge in [0, 0.05) is 11.3 Å². The van der Waals surface area contributed by atoms with Crippen molar-refractivity contribution < 1.29 is 23.1 Å². The second-order valence-corrected chi connectivity index (χ2v) is 12.7. The average Bonchev–Trinajstić information content (AvgIpc) is 3.04. The molecule has 3 aromatic rings. The molecule has 0 spiro atoms. The fraction of sp³-hybridized carbons (Fsp3) is 0.242. The number of carbonyl (C=O) groups is 2. The number of thioether (sulfide) groups is 1. The van der Waals surface area contributed by atoms with Crippen LogP contribution in [0.25, 0.3) is 11.1 Å². The number of carboxylic acid groups (broad SMARTS) is 1. The van der Waals surface area contributed by atoms with E-state index in [0.717, 1.165) is 9.88 Å². The summed E-state index contributed by atoms with van der Waals surface area (Å²) in [6.07, 6.45) is 6.44. The second-order valence-electron chi connectivity index (χ2n) is 9.83. The first-order valence-corrected chi connectivity index (χ1v) is 16.7. The van der Waals surface area contributed by atoms with Crippen LogP contribution in [0.5, 0.6) is 0 Å². The highest BCUT2D eigenvalue weighted by Crippen LogP contribution is 2.32. The zero-order chi connectivity index (χ0) is 32.3. The van der Waals surface area contributed by atoms with Gasteiger partial charge in [-0.05, 0) is 91.4 Å². The van der Waals surface area contributed by atoms with Gasteiger partial charge in [-0.25, -0.2) is 13.2 Å². The minimum Gasteiger partial charge on any atom is -0.480 e. The highest BCUT2D eigenvalue weighted by atomic mass is 32.2. The quantitative estimate of drug-likeness (QED) is 0.195. The highest BCUT2D eigenvalue weighted by Gasteiger charge is 2.28. The molecule has 4 N–H and O–H groups in total. The summed E-state index contributed by atoms with van der Waals surface area (Å²) in [4.78, 5) is 25.3. The van der Waals surface area contributed by atoms with E-state index in [1.165, 1.54) is 48.2 Å². The van der Waals surface area contributed by atoms with Crippen LogP contribution in [0.4, 0.5) is 5.69 Å². The number of carbonyl (C=O) groups excluding carboxylic acids is 1. The number of nitrogens with two attached hydrogens (primary N) is 1. The minimum atomic E-state index is -4.19. The van der Waals surface area contributed by atoms with Gasteiger partial charge in [-0.1, -0.05) is 48.9 Å². The van der Waals surface area contributed by atoms with Gasteiger partial charge in [0.15, 0.2) is 0 Å². The number of hydrogen-bond acceptors (Lipinski definition) is 7. The number of anilines is 1. The SMILES string of the molecule is C/C=C(\C=C(/N)CN(c1ccc(C(=O)N[C@@H](CCSC)C(=O)O)c(-c2ccccc2)c1)S(=O)(=O)c1ccc(C#N)cc1)CC. The number of allylic oxidation sites excluding steroid dienone is 3. The van der Waals surface area contributed by atoms with E-state index >= 15 is 0 Å². The lowest BCUT2D eigenvalue weighted by atomic mass is 9.98. The number of rotatable bonds is 14. The Balaban J connectivity index is 2.19. The molecule has 3 rings (SSSR count). The Bertz CT molecular complexity index is 1680. The van der Waals surface area contributed by atoms with Crippen molar-refractivity contribution in [3.8, 4) is 17.2 Å². The third-order valence-corrected chi connectivity index (χ3v) is 9.31. The first-order valence-electron chi connectivity index (χ1n) is 13.9. The maximum Gasteiger partial charge on any atom is 0.326 e. The molecule has 0 aliphatic heterocycles. The van der Waals surface area contributed by atoms with Crippen LogP contribution in [0.1, 0.15) is 42.6 Å². The monoisotopic (exact) mass is 632 g/mol. The molecular weight excluding hydrogens is 597 g/mol. The van der Waals surface area contributed by atoms with Crippen molar-refractivity contribution in [2.24, 2.45) is 5.73 Å². The predicted octanol–water partition coefficient (Wildman–Crippen LogP) is 5.56. The molecule has 3 aromatic carbocycles. The van der Waals surface area contributed by atoms with Gasteiger partial charge in [0.2, 0.25) is 0 Å². The number of sulfonamides is 1. The number of amides is 1. The van der Waals surface area contributed by atoms with Crippen LogP contribution in [0.3, 0.4) is 0 Å². The molecule has 230 valence electrons. The topological polar surface area (TPSA) is 154 Å². The number of hydrogen-bond donors (Lipinski definition) is 3. The smallest absolute Gasteiger partial charge is 0.326 e. The van der Waals surface area contributed by atoms with E-state index in [9.17, 15) is 28.4 Å². The Kier molecular flexibility index (Phi) is 12.2. The summed E-state index contributed by atoms with van der Waals surface area (Å²) < 4.78 is 29.3. The van der Waals surface area contributed by atoms with Gasteiger partial charge >= 0.3 is 5.97 Å². The molecule has 0 heterocycles. The normalized spacial score (nSPS) is 12.7. The maximum absolute atomic E-state index is 14.1. The summed E-state index contributed by atoms with van der Waals surface area (Å²) in [5, 5.41) is 21.5. The zero-order valence-corrected chi connectivity index (χ0v) is 26.5. The van der Waals surface area contributed by atoms with E-state index in [1.807, 2.05) is 38.3 Å². The van der Waals surface area contributed by atoms with Gasteiger partial charge in [-0.2, -0.15) is 17.0 Å². The van der Waals surface area contributed by atoms with Crippen LogP contribution in [0.2, 0.25) is 0 Å². The van der Waals surface area contributed by atoms with Gasteiger partial charge in [0.05, 0.1) is 28.8 Å². The van der Waals surface area contributed by atoms with Gasteiger partial charge < -0.3 is 16.2 Å². The zero-order valence-electron chi connectivity index (χ0n) is 24.9. The third-order valence-electron chi connectivity index (χ3n) is 6.88. The van der Waals surface area contributed by atoms with Gasteiger partial charge in [0.25, 0.3) is 15.9 Å². The molecule has 0 saturated heterocycles. The van der Waals surface area contributed by atoms with E-state index in [4.69, 9.17) is 5.73 Å². The highest BCUT2D eigenvalue weighted by molar-refractivity contribution is 7.98. The van der Waals surface area contributed by atoms with Crippen molar-refractivity contribution in [3.05, 3.63) is 107 Å². The van der Waals surface area contributed by atoms with Gasteiger partial charge in [-0.3, -0.25) is 9.10 Å². The summed E-state index contributed by atoms with van der Waals surface area (Å²) in [5.74, 6) is -1.18. The molecule has 44 heavy (non-hydrogen) atoms. The Hall–Kier alpha value is -4.53. The van der Waals surface area contributed by atoms with Crippen molar-refractivity contribution in [3.63, 3.8) is 0 Å². The molecule has 0 aromatic heterocycles. The molecule has 0 bridgehead atoms. The van der Waals surface area contributed by atoms with Crippen LogP contribution < -0.4 is 15.4 Å². The Morgan fingerprint density at radius 2 is 1.80 bits per heavy atom. The van der Waals surface area contributed by atoms with Crippen molar-refractivity contribution in [2.75, 3.05) is 22.9 Å². The van der Waals surface area contributed by atoms with Crippen molar-refractivity contribution in [1.29, 1.82) is 5.26 Å². The molecule has 0 aliphatic carbocycles. The summed E-state index contributed by atoms with van der Waals surface area (Å²) in [6.45, 7) is 3.66. The molecule has 0 unspecified atom stereocenters. The largest absolute Gasteiger partial charge is 0.480 e. The molecule has 0 saturated carbocycles. The summed E-state index contributed by atoms with van der Waals surface area (Å²) in [5.41, 5.74) is 9.43. The predicted molar refractivity (Wildman–Crippen MR) is 176 cm³/mol. The van der Waals surface area contributed by atoms with Crippen LogP contribution in [-0.2, 0) is 14.8 Å². The van der Waals surface area contributed by atoms with Crippen molar-refractivity contribution in [2.45, 2.75) is 37.6 Å². The minimum absolute atomic E-state index is 0.0350. The molecule has 0 radical (unpaired) electrons. The maximum atomic E-state index is 14.1. The first kappa shape index (κ1) is 34.0. The van der Waals surface area contributed by atoms with E-state index in [2.05, 4.69) is 5.32 Å². The summed E-state index contributed by atoms with van der Waals surface area (Å²) in [7, 11) is -4.19. The molecule has 1 amide bonds. The first-order chi connectivity index (χ1) is 21.0. The number of nitriles is 1. The second kappa shape index (κ2) is 15.8. The van der Waals surface area contributed by atoms with Crippen LogP contribution in [0.15, 0.2) is 101 Å². The van der Waals surface area contributed by atoms with Crippen LogP contribution in [0, 0.1) is 11.3 Å². The molecular formula is C33H36N4O5S2. The lowest BCUT2D eigenvalue weighted by Crippen LogP contribution is -2.41. The van der Waals surface area contributed by atoms with E-state index in [1.54, 1.807) is 36.4 Å². The number of aliphatic carboxylic acids is 1. The van der Waals surface area contributed by atoms with Crippen molar-refractivity contribution in [1.82, 2.24) is 5.32 Å². The lowest BCUT2D eigenvalue weighted by Gasteiger charge is -2.26. The molecule has 0 fully saturated rings.